The van der Waals surface area contributed by atoms with E-state index < -0.39 is 0 Å². The van der Waals surface area contributed by atoms with Crippen LogP contribution in [0.3, 0.4) is 0 Å². The zero-order valence-electron chi connectivity index (χ0n) is 9.18. The van der Waals surface area contributed by atoms with Crippen molar-refractivity contribution in [2.24, 2.45) is 0 Å². The van der Waals surface area contributed by atoms with Gasteiger partial charge >= 0.3 is 0 Å². The Kier molecular flexibility index (Phi) is 4.65. The van der Waals surface area contributed by atoms with Crippen molar-refractivity contribution in [1.82, 2.24) is 0 Å². The molecule has 0 bridgehead atoms. The molecule has 2 rings (SSSR count). The summed E-state index contributed by atoms with van der Waals surface area (Å²) in [6.07, 6.45) is 0.653. The first-order valence-electron chi connectivity index (χ1n) is 5.03. The average molecular weight is 354 g/mol. The highest BCUT2D eigenvalue weighted by atomic mass is 35.5. The fraction of sp³-hybridized carbons (Fsp3) is 0. The van der Waals surface area contributed by atoms with Crippen molar-refractivity contribution in [3.8, 4) is 11.1 Å². The Labute approximate surface area is 135 Å². The van der Waals surface area contributed by atoms with Crippen molar-refractivity contribution in [2.75, 3.05) is 0 Å². The number of hydrogen-bond donors (Lipinski definition) is 0. The quantitative estimate of drug-likeness (QED) is 0.448. The van der Waals surface area contributed by atoms with Gasteiger partial charge in [0.1, 0.15) is 0 Å². The van der Waals surface area contributed by atoms with Crippen LogP contribution >= 0.6 is 58.0 Å². The fourth-order valence-electron chi connectivity index (χ4n) is 1.62. The summed E-state index contributed by atoms with van der Waals surface area (Å²) in [7, 11) is 0. The van der Waals surface area contributed by atoms with Gasteiger partial charge in [-0.05, 0) is 23.8 Å². The number of halogens is 5. The lowest BCUT2D eigenvalue weighted by atomic mass is 10.0. The summed E-state index contributed by atoms with van der Waals surface area (Å²) in [5.41, 5.74) is 1.42. The van der Waals surface area contributed by atoms with E-state index in [0.29, 0.717) is 28.0 Å². The molecule has 0 unspecified atom stereocenters. The normalized spacial score (nSPS) is 10.6. The van der Waals surface area contributed by atoms with Crippen molar-refractivity contribution < 1.29 is 4.79 Å². The molecule has 0 aliphatic heterocycles. The zero-order chi connectivity index (χ0) is 14.2. The lowest BCUT2D eigenvalue weighted by Gasteiger charge is -2.11. The summed E-state index contributed by atoms with van der Waals surface area (Å²) in [6.45, 7) is 0. The van der Waals surface area contributed by atoms with E-state index in [9.17, 15) is 4.79 Å². The predicted molar refractivity (Wildman–Crippen MR) is 82.3 cm³/mol. The van der Waals surface area contributed by atoms with E-state index >= 15 is 0 Å². The third-order valence-electron chi connectivity index (χ3n) is 2.52. The van der Waals surface area contributed by atoms with Crippen molar-refractivity contribution in [1.29, 1.82) is 0 Å². The van der Waals surface area contributed by atoms with Crippen LogP contribution in [0.2, 0.25) is 25.1 Å². The Morgan fingerprint density at radius 2 is 1.37 bits per heavy atom. The third kappa shape index (κ3) is 2.86. The first-order chi connectivity index (χ1) is 8.95. The molecule has 0 N–H and O–H groups in total. The molecule has 0 aliphatic rings. The van der Waals surface area contributed by atoms with Crippen molar-refractivity contribution in [3.63, 3.8) is 0 Å². The lowest BCUT2D eigenvalue weighted by molar-refractivity contribution is 0.112. The van der Waals surface area contributed by atoms with Gasteiger partial charge in [0.25, 0.3) is 0 Å². The SMILES string of the molecule is O=Cc1cc(-c2c(Cl)c(Cl)cc(Cl)c2Cl)ccc1Cl. The van der Waals surface area contributed by atoms with E-state index in [1.165, 1.54) is 6.07 Å². The number of benzene rings is 2. The van der Waals surface area contributed by atoms with Crippen molar-refractivity contribution >= 4 is 64.3 Å². The molecule has 0 atom stereocenters. The molecule has 19 heavy (non-hydrogen) atoms. The Bertz CT molecular complexity index is 640. The first-order valence-corrected chi connectivity index (χ1v) is 6.92. The number of rotatable bonds is 2. The van der Waals surface area contributed by atoms with E-state index in [-0.39, 0.29) is 20.1 Å². The summed E-state index contributed by atoms with van der Waals surface area (Å²) < 4.78 is 0. The van der Waals surface area contributed by atoms with Crippen LogP contribution in [0.4, 0.5) is 0 Å². The minimum Gasteiger partial charge on any atom is -0.298 e. The van der Waals surface area contributed by atoms with Crippen LogP contribution in [0.1, 0.15) is 10.4 Å². The summed E-state index contributed by atoms with van der Waals surface area (Å²) in [6, 6.07) is 6.32. The Morgan fingerprint density at radius 1 is 0.789 bits per heavy atom. The van der Waals surface area contributed by atoms with Crippen LogP contribution < -0.4 is 0 Å². The van der Waals surface area contributed by atoms with E-state index in [2.05, 4.69) is 0 Å². The molecular weight excluding hydrogens is 349 g/mol. The number of hydrogen-bond acceptors (Lipinski definition) is 1. The van der Waals surface area contributed by atoms with Gasteiger partial charge < -0.3 is 0 Å². The minimum atomic E-state index is 0.273. The lowest BCUT2D eigenvalue weighted by Crippen LogP contribution is -1.88. The van der Waals surface area contributed by atoms with Gasteiger partial charge in [-0.2, -0.15) is 0 Å². The van der Waals surface area contributed by atoms with Crippen molar-refractivity contribution in [3.05, 3.63) is 54.9 Å². The number of carbonyl (C=O) groups is 1. The molecule has 0 radical (unpaired) electrons. The largest absolute Gasteiger partial charge is 0.298 e. The standard InChI is InChI=1S/C13H5Cl5O/c14-8-2-1-6(3-7(8)5-19)11-12(17)9(15)4-10(16)13(11)18/h1-5H. The zero-order valence-corrected chi connectivity index (χ0v) is 13.0. The fourth-order valence-corrected chi connectivity index (χ4v) is 2.81. The van der Waals surface area contributed by atoms with Crippen LogP contribution in [-0.2, 0) is 0 Å². The van der Waals surface area contributed by atoms with E-state index in [1.54, 1.807) is 18.2 Å². The second-order valence-corrected chi connectivity index (χ2v) is 5.67. The Balaban J connectivity index is 2.75. The highest BCUT2D eigenvalue weighted by molar-refractivity contribution is 6.50. The molecule has 2 aromatic carbocycles. The van der Waals surface area contributed by atoms with Gasteiger partial charge in [-0.3, -0.25) is 4.79 Å². The van der Waals surface area contributed by atoms with Crippen LogP contribution in [0, 0.1) is 0 Å². The highest BCUT2D eigenvalue weighted by Crippen LogP contribution is 2.43. The van der Waals surface area contributed by atoms with Gasteiger partial charge in [0.15, 0.2) is 6.29 Å². The molecule has 0 spiro atoms. The smallest absolute Gasteiger partial charge is 0.151 e. The molecule has 0 aromatic heterocycles. The van der Waals surface area contributed by atoms with Crippen molar-refractivity contribution in [2.45, 2.75) is 0 Å². The van der Waals surface area contributed by atoms with Crippen LogP contribution in [0.5, 0.6) is 0 Å². The van der Waals surface area contributed by atoms with Gasteiger partial charge in [-0.1, -0.05) is 64.1 Å². The molecule has 0 fully saturated rings. The molecular formula is C13H5Cl5O. The maximum absolute atomic E-state index is 10.9. The van der Waals surface area contributed by atoms with E-state index in [4.69, 9.17) is 58.0 Å². The molecule has 2 aromatic rings. The van der Waals surface area contributed by atoms with E-state index in [1.807, 2.05) is 0 Å². The molecule has 6 heteroatoms. The summed E-state index contributed by atoms with van der Waals surface area (Å²) in [4.78, 5) is 10.9. The predicted octanol–water partition coefficient (Wildman–Crippen LogP) is 6.43. The molecule has 0 saturated heterocycles. The number of carbonyl (C=O) groups excluding carboxylic acids is 1. The highest BCUT2D eigenvalue weighted by Gasteiger charge is 2.16. The molecule has 0 aliphatic carbocycles. The third-order valence-corrected chi connectivity index (χ3v) is 4.44. The summed E-state index contributed by atoms with van der Waals surface area (Å²) in [5.74, 6) is 0. The maximum atomic E-state index is 10.9. The molecule has 0 saturated carbocycles. The van der Waals surface area contributed by atoms with Gasteiger partial charge in [0.05, 0.1) is 25.1 Å². The topological polar surface area (TPSA) is 17.1 Å². The molecule has 0 heterocycles. The molecule has 0 amide bonds. The Morgan fingerprint density at radius 3 is 1.89 bits per heavy atom. The first kappa shape index (κ1) is 15.0. The van der Waals surface area contributed by atoms with Gasteiger partial charge in [-0.15, -0.1) is 0 Å². The van der Waals surface area contributed by atoms with E-state index in [0.717, 1.165) is 0 Å². The summed E-state index contributed by atoms with van der Waals surface area (Å²) in [5, 5.41) is 1.46. The van der Waals surface area contributed by atoms with Crippen LogP contribution in [0.15, 0.2) is 24.3 Å². The summed E-state index contributed by atoms with van der Waals surface area (Å²) >= 11 is 30.1. The van der Waals surface area contributed by atoms with Crippen LogP contribution in [0.25, 0.3) is 11.1 Å². The monoisotopic (exact) mass is 352 g/mol. The second-order valence-electron chi connectivity index (χ2n) is 3.70. The molecule has 98 valence electrons. The van der Waals surface area contributed by atoms with Gasteiger partial charge in [0.2, 0.25) is 0 Å². The van der Waals surface area contributed by atoms with Gasteiger partial charge in [0, 0.05) is 11.1 Å². The average Bonchev–Trinajstić information content (AvgIpc) is 2.38. The number of aldehydes is 1. The minimum absolute atomic E-state index is 0.273. The maximum Gasteiger partial charge on any atom is 0.151 e. The molecule has 1 nitrogen and oxygen atoms in total. The van der Waals surface area contributed by atoms with Crippen LogP contribution in [-0.4, -0.2) is 6.29 Å². The van der Waals surface area contributed by atoms with Gasteiger partial charge in [-0.25, -0.2) is 0 Å². The Hall–Kier alpha value is -0.440. The second kappa shape index (κ2) is 5.90.